The second-order valence-electron chi connectivity index (χ2n) is 8.05. The normalized spacial score (nSPS) is 20.3. The molecule has 164 valence electrons. The molecule has 0 unspecified atom stereocenters. The van der Waals surface area contributed by atoms with E-state index >= 15 is 0 Å². The van der Waals surface area contributed by atoms with E-state index in [-0.39, 0.29) is 23.4 Å². The van der Waals surface area contributed by atoms with Crippen LogP contribution in [-0.2, 0) is 5.60 Å². The molecule has 10 heteroatoms. The number of carbonyl (C=O) groups excluding carboxylic acids is 1. The number of nitrogens with zero attached hydrogens (tertiary/aromatic N) is 4. The van der Waals surface area contributed by atoms with E-state index < -0.39 is 24.3 Å². The van der Waals surface area contributed by atoms with Crippen LogP contribution in [0.1, 0.15) is 55.7 Å². The zero-order valence-electron chi connectivity index (χ0n) is 17.1. The quantitative estimate of drug-likeness (QED) is 0.794. The number of para-hydroxylation sites is 1. The molecule has 1 fully saturated rings. The van der Waals surface area contributed by atoms with Gasteiger partial charge in [-0.1, -0.05) is 12.1 Å². The molecule has 1 aliphatic heterocycles. The fourth-order valence-electron chi connectivity index (χ4n) is 3.37. The largest absolute Gasteiger partial charge is 0.483 e. The maximum Gasteiger partial charge on any atom is 0.422 e. The highest BCUT2D eigenvalue weighted by Gasteiger charge is 2.34. The lowest BCUT2D eigenvalue weighted by Crippen LogP contribution is -2.46. The third-order valence-electron chi connectivity index (χ3n) is 5.09. The molecule has 1 N–H and O–H groups in total. The molecule has 0 radical (unpaired) electrons. The Balaban J connectivity index is 1.79. The van der Waals surface area contributed by atoms with Crippen LogP contribution in [0.15, 0.2) is 30.5 Å². The van der Waals surface area contributed by atoms with Crippen LogP contribution in [0.3, 0.4) is 0 Å². The highest BCUT2D eigenvalue weighted by atomic mass is 19.4. The molecule has 1 saturated heterocycles. The molecule has 3 rings (SSSR count). The summed E-state index contributed by atoms with van der Waals surface area (Å²) in [5, 5.41) is 18.7. The standard InChI is InChI=1S/C20H25F3N4O3/c1-13-8-9-14(27-24-10-17(25-27)19(2,3)29)11-26(13)18(28)15-6-4-5-7-16(15)30-12-20(21,22)23/h4-7,10,13-14,29H,8-9,11-12H2,1-3H3/t13-,14-/m1/s1. The van der Waals surface area contributed by atoms with Crippen LogP contribution in [0.4, 0.5) is 13.2 Å². The van der Waals surface area contributed by atoms with E-state index in [2.05, 4.69) is 10.2 Å². The van der Waals surface area contributed by atoms with Gasteiger partial charge in [0.1, 0.15) is 17.0 Å². The monoisotopic (exact) mass is 426 g/mol. The maximum absolute atomic E-state index is 13.2. The predicted octanol–water partition coefficient (Wildman–Crippen LogP) is 3.31. The van der Waals surface area contributed by atoms with Crippen LogP contribution < -0.4 is 4.74 Å². The number of hydrogen-bond donors (Lipinski definition) is 1. The number of halogens is 3. The first kappa shape index (κ1) is 22.1. The average Bonchev–Trinajstić information content (AvgIpc) is 3.16. The number of hydrogen-bond acceptors (Lipinski definition) is 5. The molecule has 1 amide bonds. The first-order valence-electron chi connectivity index (χ1n) is 9.70. The molecule has 1 aliphatic rings. The maximum atomic E-state index is 13.2. The van der Waals surface area contributed by atoms with Gasteiger partial charge in [0.05, 0.1) is 17.8 Å². The number of carbonyl (C=O) groups is 1. The number of rotatable bonds is 5. The number of ether oxygens (including phenoxy) is 1. The number of aliphatic hydroxyl groups is 1. The Bertz CT molecular complexity index is 892. The van der Waals surface area contributed by atoms with E-state index in [1.165, 1.54) is 29.2 Å². The summed E-state index contributed by atoms with van der Waals surface area (Å²) in [5.74, 6) is -0.504. The van der Waals surface area contributed by atoms with Crippen molar-refractivity contribution in [3.05, 3.63) is 41.7 Å². The van der Waals surface area contributed by atoms with E-state index in [4.69, 9.17) is 4.74 Å². The van der Waals surface area contributed by atoms with Crippen LogP contribution in [0.25, 0.3) is 0 Å². The summed E-state index contributed by atoms with van der Waals surface area (Å²) in [6.07, 6.45) is -1.59. The summed E-state index contributed by atoms with van der Waals surface area (Å²) in [7, 11) is 0. The predicted molar refractivity (Wildman–Crippen MR) is 102 cm³/mol. The van der Waals surface area contributed by atoms with Gasteiger partial charge in [-0.3, -0.25) is 4.79 Å². The summed E-state index contributed by atoms with van der Waals surface area (Å²) in [6.45, 7) is 3.95. The van der Waals surface area contributed by atoms with Gasteiger partial charge < -0.3 is 14.7 Å². The van der Waals surface area contributed by atoms with Crippen LogP contribution in [0.5, 0.6) is 5.75 Å². The number of aromatic nitrogens is 3. The zero-order chi connectivity index (χ0) is 22.1. The lowest BCUT2D eigenvalue weighted by atomic mass is 9.98. The first-order valence-corrected chi connectivity index (χ1v) is 9.70. The van der Waals surface area contributed by atoms with Crippen LogP contribution >= 0.6 is 0 Å². The van der Waals surface area contributed by atoms with Crippen molar-refractivity contribution >= 4 is 5.91 Å². The summed E-state index contributed by atoms with van der Waals surface area (Å²) < 4.78 is 42.6. The molecule has 0 aliphatic carbocycles. The van der Waals surface area contributed by atoms with Gasteiger partial charge >= 0.3 is 6.18 Å². The molecule has 7 nitrogen and oxygen atoms in total. The van der Waals surface area contributed by atoms with Crippen molar-refractivity contribution < 1.29 is 27.8 Å². The minimum absolute atomic E-state index is 0.0832. The van der Waals surface area contributed by atoms with Crippen molar-refractivity contribution in [2.75, 3.05) is 13.2 Å². The number of piperidine rings is 1. The van der Waals surface area contributed by atoms with Crippen LogP contribution in [0, 0.1) is 0 Å². The Morgan fingerprint density at radius 1 is 1.27 bits per heavy atom. The van der Waals surface area contributed by atoms with Crippen molar-refractivity contribution in [3.8, 4) is 5.75 Å². The summed E-state index contributed by atoms with van der Waals surface area (Å²) in [6, 6.07) is 5.62. The molecule has 1 aromatic heterocycles. The Labute approximate surface area is 172 Å². The van der Waals surface area contributed by atoms with E-state index in [0.29, 0.717) is 18.7 Å². The third-order valence-corrected chi connectivity index (χ3v) is 5.09. The van der Waals surface area contributed by atoms with E-state index in [1.54, 1.807) is 24.8 Å². The summed E-state index contributed by atoms with van der Waals surface area (Å²) in [4.78, 5) is 16.3. The van der Waals surface area contributed by atoms with E-state index in [1.807, 2.05) is 6.92 Å². The lowest BCUT2D eigenvalue weighted by molar-refractivity contribution is -0.153. The first-order chi connectivity index (χ1) is 14.0. The molecule has 2 atom stereocenters. The highest BCUT2D eigenvalue weighted by Crippen LogP contribution is 2.30. The zero-order valence-corrected chi connectivity index (χ0v) is 17.1. The lowest BCUT2D eigenvalue weighted by Gasteiger charge is -2.37. The molecular weight excluding hydrogens is 401 g/mol. The van der Waals surface area contributed by atoms with E-state index in [9.17, 15) is 23.1 Å². The van der Waals surface area contributed by atoms with Gasteiger partial charge in [-0.2, -0.15) is 28.2 Å². The van der Waals surface area contributed by atoms with Crippen LogP contribution in [0.2, 0.25) is 0 Å². The van der Waals surface area contributed by atoms with Crippen LogP contribution in [-0.4, -0.2) is 56.3 Å². The third kappa shape index (κ3) is 5.10. The Hall–Kier alpha value is -2.62. The number of likely N-dealkylation sites (tertiary alicyclic amines) is 1. The fraction of sp³-hybridized carbons (Fsp3) is 0.550. The minimum Gasteiger partial charge on any atom is -0.483 e. The Kier molecular flexibility index (Phi) is 6.07. The van der Waals surface area contributed by atoms with Gasteiger partial charge in [-0.15, -0.1) is 0 Å². The van der Waals surface area contributed by atoms with Crippen molar-refractivity contribution in [2.45, 2.75) is 57.5 Å². The van der Waals surface area contributed by atoms with Gasteiger partial charge in [0, 0.05) is 12.6 Å². The summed E-state index contributed by atoms with van der Waals surface area (Å²) >= 11 is 0. The molecule has 0 spiro atoms. The smallest absolute Gasteiger partial charge is 0.422 e. The fourth-order valence-corrected chi connectivity index (χ4v) is 3.37. The molecule has 0 bridgehead atoms. The molecule has 2 aromatic rings. The highest BCUT2D eigenvalue weighted by molar-refractivity contribution is 5.97. The Morgan fingerprint density at radius 3 is 2.60 bits per heavy atom. The molecule has 0 saturated carbocycles. The van der Waals surface area contributed by atoms with Gasteiger partial charge in [0.15, 0.2) is 6.61 Å². The second-order valence-corrected chi connectivity index (χ2v) is 8.05. The van der Waals surface area contributed by atoms with Gasteiger partial charge in [-0.25, -0.2) is 0 Å². The number of alkyl halides is 3. The van der Waals surface area contributed by atoms with E-state index in [0.717, 1.165) is 6.42 Å². The number of benzene rings is 1. The molecule has 2 heterocycles. The van der Waals surface area contributed by atoms with Crippen molar-refractivity contribution in [2.24, 2.45) is 0 Å². The minimum atomic E-state index is -4.50. The van der Waals surface area contributed by atoms with Crippen molar-refractivity contribution in [1.29, 1.82) is 0 Å². The van der Waals surface area contributed by atoms with Gasteiger partial charge in [0.25, 0.3) is 5.91 Å². The summed E-state index contributed by atoms with van der Waals surface area (Å²) in [5.41, 5.74) is -0.630. The second kappa shape index (κ2) is 8.25. The SMILES string of the molecule is C[C@@H]1CC[C@@H](n2ncc(C(C)(C)O)n2)CN1C(=O)c1ccccc1OCC(F)(F)F. The molecular formula is C20H25F3N4O3. The van der Waals surface area contributed by atoms with Gasteiger partial charge in [-0.05, 0) is 45.7 Å². The van der Waals surface area contributed by atoms with Gasteiger partial charge in [0.2, 0.25) is 0 Å². The topological polar surface area (TPSA) is 80.5 Å². The van der Waals surface area contributed by atoms with Crippen molar-refractivity contribution in [3.63, 3.8) is 0 Å². The average molecular weight is 426 g/mol. The molecule has 30 heavy (non-hydrogen) atoms. The number of amides is 1. The Morgan fingerprint density at radius 2 is 1.97 bits per heavy atom. The molecule has 1 aromatic carbocycles. The van der Waals surface area contributed by atoms with Crippen molar-refractivity contribution in [1.82, 2.24) is 19.9 Å².